The van der Waals surface area contributed by atoms with Gasteiger partial charge in [-0.3, -0.25) is 9.69 Å². The molecule has 0 amide bonds. The summed E-state index contributed by atoms with van der Waals surface area (Å²) in [5.41, 5.74) is 0.833. The highest BCUT2D eigenvalue weighted by Gasteiger charge is 2.29. The monoisotopic (exact) mass is 285 g/mol. The molecular formula is C17H19NOS. The van der Waals surface area contributed by atoms with Crippen molar-refractivity contribution in [1.82, 2.24) is 4.90 Å². The van der Waals surface area contributed by atoms with Crippen LogP contribution in [-0.4, -0.2) is 23.3 Å². The standard InChI is InChI=1S/C17H19NOS/c19-17(14-5-2-1-3-6-14)10-11-18(15-8-9-15)13-16-7-4-12-20-16/h1-7,12,15H,8-11,13H2. The van der Waals surface area contributed by atoms with Crippen LogP contribution in [0, 0.1) is 0 Å². The minimum atomic E-state index is 0.252. The van der Waals surface area contributed by atoms with Crippen LogP contribution in [0.1, 0.15) is 34.5 Å². The topological polar surface area (TPSA) is 20.3 Å². The summed E-state index contributed by atoms with van der Waals surface area (Å²) < 4.78 is 0. The van der Waals surface area contributed by atoms with Crippen LogP contribution in [0.5, 0.6) is 0 Å². The van der Waals surface area contributed by atoms with Crippen LogP contribution in [0.2, 0.25) is 0 Å². The lowest BCUT2D eigenvalue weighted by Crippen LogP contribution is -2.27. The van der Waals surface area contributed by atoms with Crippen LogP contribution < -0.4 is 0 Å². The molecule has 0 unspecified atom stereocenters. The lowest BCUT2D eigenvalue weighted by molar-refractivity contribution is 0.0960. The van der Waals surface area contributed by atoms with Crippen LogP contribution in [0.15, 0.2) is 47.8 Å². The van der Waals surface area contributed by atoms with E-state index >= 15 is 0 Å². The minimum absolute atomic E-state index is 0.252. The maximum Gasteiger partial charge on any atom is 0.164 e. The van der Waals surface area contributed by atoms with Gasteiger partial charge in [0.1, 0.15) is 0 Å². The van der Waals surface area contributed by atoms with Crippen LogP contribution in [0.4, 0.5) is 0 Å². The number of nitrogens with zero attached hydrogens (tertiary/aromatic N) is 1. The predicted molar refractivity (Wildman–Crippen MR) is 83.1 cm³/mol. The summed E-state index contributed by atoms with van der Waals surface area (Å²) in [7, 11) is 0. The van der Waals surface area contributed by atoms with Gasteiger partial charge in [-0.2, -0.15) is 0 Å². The molecule has 0 atom stereocenters. The molecular weight excluding hydrogens is 266 g/mol. The van der Waals surface area contributed by atoms with E-state index in [1.807, 2.05) is 30.3 Å². The molecule has 1 aliphatic carbocycles. The Morgan fingerprint density at radius 1 is 1.15 bits per heavy atom. The van der Waals surface area contributed by atoms with Crippen molar-refractivity contribution in [2.24, 2.45) is 0 Å². The first-order chi connectivity index (χ1) is 9.83. The van der Waals surface area contributed by atoms with Gasteiger partial charge in [-0.15, -0.1) is 11.3 Å². The van der Waals surface area contributed by atoms with E-state index in [9.17, 15) is 4.79 Å². The van der Waals surface area contributed by atoms with Crippen molar-refractivity contribution in [2.75, 3.05) is 6.54 Å². The first-order valence-corrected chi connectivity index (χ1v) is 8.05. The van der Waals surface area contributed by atoms with Crippen molar-refractivity contribution in [3.8, 4) is 0 Å². The van der Waals surface area contributed by atoms with E-state index in [4.69, 9.17) is 0 Å². The Labute approximate surface area is 124 Å². The lowest BCUT2D eigenvalue weighted by atomic mass is 10.1. The second-order valence-electron chi connectivity index (χ2n) is 5.32. The van der Waals surface area contributed by atoms with E-state index < -0.39 is 0 Å². The van der Waals surface area contributed by atoms with Gasteiger partial charge in [0, 0.05) is 36.0 Å². The molecule has 0 N–H and O–H groups in total. The summed E-state index contributed by atoms with van der Waals surface area (Å²) in [6, 6.07) is 14.6. The zero-order valence-electron chi connectivity index (χ0n) is 11.5. The summed E-state index contributed by atoms with van der Waals surface area (Å²) in [4.78, 5) is 16.0. The average molecular weight is 285 g/mol. The molecule has 3 heteroatoms. The highest BCUT2D eigenvalue weighted by Crippen LogP contribution is 2.29. The Morgan fingerprint density at radius 3 is 2.60 bits per heavy atom. The molecule has 0 radical (unpaired) electrons. The smallest absolute Gasteiger partial charge is 0.164 e. The zero-order valence-corrected chi connectivity index (χ0v) is 12.3. The molecule has 0 aliphatic heterocycles. The Balaban J connectivity index is 1.56. The average Bonchev–Trinajstić information content (AvgIpc) is 3.21. The first-order valence-electron chi connectivity index (χ1n) is 7.17. The number of benzene rings is 1. The summed E-state index contributed by atoms with van der Waals surface area (Å²) in [5.74, 6) is 0.252. The van der Waals surface area contributed by atoms with Crippen LogP contribution >= 0.6 is 11.3 Å². The number of hydrogen-bond acceptors (Lipinski definition) is 3. The maximum absolute atomic E-state index is 12.2. The van der Waals surface area contributed by atoms with Crippen molar-refractivity contribution in [2.45, 2.75) is 31.8 Å². The fraction of sp³-hybridized carbons (Fsp3) is 0.353. The van der Waals surface area contributed by atoms with Gasteiger partial charge < -0.3 is 0 Å². The highest BCUT2D eigenvalue weighted by atomic mass is 32.1. The van der Waals surface area contributed by atoms with Gasteiger partial charge in [-0.25, -0.2) is 0 Å². The van der Waals surface area contributed by atoms with E-state index in [1.54, 1.807) is 11.3 Å². The Bertz CT molecular complexity index is 546. The van der Waals surface area contributed by atoms with Gasteiger partial charge in [0.25, 0.3) is 0 Å². The van der Waals surface area contributed by atoms with Gasteiger partial charge in [-0.05, 0) is 24.3 Å². The number of thiophene rings is 1. The third kappa shape index (κ3) is 3.56. The lowest BCUT2D eigenvalue weighted by Gasteiger charge is -2.20. The number of ketones is 1. The van der Waals surface area contributed by atoms with E-state index in [-0.39, 0.29) is 5.78 Å². The largest absolute Gasteiger partial charge is 0.295 e. The number of rotatable bonds is 7. The third-order valence-corrected chi connectivity index (χ3v) is 4.59. The van der Waals surface area contributed by atoms with E-state index in [2.05, 4.69) is 22.4 Å². The molecule has 20 heavy (non-hydrogen) atoms. The van der Waals surface area contributed by atoms with E-state index in [0.29, 0.717) is 12.5 Å². The predicted octanol–water partition coefficient (Wildman–Crippen LogP) is 3.99. The van der Waals surface area contributed by atoms with Gasteiger partial charge in [0.2, 0.25) is 0 Å². The minimum Gasteiger partial charge on any atom is -0.295 e. The van der Waals surface area contributed by atoms with Crippen molar-refractivity contribution in [3.05, 3.63) is 58.3 Å². The molecule has 1 fully saturated rings. The van der Waals surface area contributed by atoms with Crippen molar-refractivity contribution < 1.29 is 4.79 Å². The molecule has 104 valence electrons. The number of hydrogen-bond donors (Lipinski definition) is 0. The molecule has 0 spiro atoms. The maximum atomic E-state index is 12.2. The molecule has 0 saturated heterocycles. The fourth-order valence-corrected chi connectivity index (χ4v) is 3.18. The molecule has 1 saturated carbocycles. The first kappa shape index (κ1) is 13.5. The van der Waals surface area contributed by atoms with Gasteiger partial charge >= 0.3 is 0 Å². The second kappa shape index (κ2) is 6.33. The quantitative estimate of drug-likeness (QED) is 0.717. The molecule has 3 rings (SSSR count). The molecule has 1 aromatic carbocycles. The molecule has 2 nitrogen and oxygen atoms in total. The summed E-state index contributed by atoms with van der Waals surface area (Å²) in [5, 5.41) is 2.12. The summed E-state index contributed by atoms with van der Waals surface area (Å²) in [6.07, 6.45) is 3.18. The summed E-state index contributed by atoms with van der Waals surface area (Å²) >= 11 is 1.80. The highest BCUT2D eigenvalue weighted by molar-refractivity contribution is 7.09. The van der Waals surface area contributed by atoms with E-state index in [0.717, 1.165) is 18.7 Å². The van der Waals surface area contributed by atoms with Gasteiger partial charge in [0.15, 0.2) is 5.78 Å². The molecule has 1 aliphatic rings. The molecule has 1 heterocycles. The molecule has 0 bridgehead atoms. The third-order valence-electron chi connectivity index (χ3n) is 3.72. The second-order valence-corrected chi connectivity index (χ2v) is 6.35. The number of Topliss-reactive ketones (excluding diaryl/α,β-unsaturated/α-hetero) is 1. The summed E-state index contributed by atoms with van der Waals surface area (Å²) in [6.45, 7) is 1.86. The fourth-order valence-electron chi connectivity index (χ4n) is 2.45. The Hall–Kier alpha value is -1.45. The molecule has 2 aromatic rings. The van der Waals surface area contributed by atoms with Crippen molar-refractivity contribution in [1.29, 1.82) is 0 Å². The van der Waals surface area contributed by atoms with Crippen LogP contribution in [0.3, 0.4) is 0 Å². The van der Waals surface area contributed by atoms with Crippen LogP contribution in [0.25, 0.3) is 0 Å². The molecule has 1 aromatic heterocycles. The Morgan fingerprint density at radius 2 is 1.95 bits per heavy atom. The Kier molecular flexibility index (Phi) is 4.28. The van der Waals surface area contributed by atoms with Crippen molar-refractivity contribution in [3.63, 3.8) is 0 Å². The number of carbonyl (C=O) groups excluding carboxylic acids is 1. The normalized spacial score (nSPS) is 14.7. The SMILES string of the molecule is O=C(CCN(Cc1cccs1)C1CC1)c1ccccc1. The van der Waals surface area contributed by atoms with Gasteiger partial charge in [0.05, 0.1) is 0 Å². The van der Waals surface area contributed by atoms with Crippen LogP contribution in [-0.2, 0) is 6.54 Å². The van der Waals surface area contributed by atoms with E-state index in [1.165, 1.54) is 17.7 Å². The zero-order chi connectivity index (χ0) is 13.8. The van der Waals surface area contributed by atoms with Gasteiger partial charge in [-0.1, -0.05) is 36.4 Å². The van der Waals surface area contributed by atoms with Crippen molar-refractivity contribution >= 4 is 17.1 Å². The number of carbonyl (C=O) groups is 1.